The molecule has 0 aliphatic heterocycles. The van der Waals surface area contributed by atoms with E-state index in [9.17, 15) is 4.79 Å². The second-order valence-electron chi connectivity index (χ2n) is 4.72. The topological polar surface area (TPSA) is 38.3 Å². The third-order valence-electron chi connectivity index (χ3n) is 2.80. The van der Waals surface area contributed by atoms with Crippen LogP contribution in [0.2, 0.25) is 10.0 Å². The first-order valence-electron chi connectivity index (χ1n) is 6.44. The van der Waals surface area contributed by atoms with Gasteiger partial charge in [0.15, 0.2) is 6.10 Å². The lowest BCUT2D eigenvalue weighted by Crippen LogP contribution is -2.30. The van der Waals surface area contributed by atoms with E-state index in [0.717, 1.165) is 5.56 Å². The Morgan fingerprint density at radius 3 is 2.43 bits per heavy atom. The Labute approximate surface area is 133 Å². The van der Waals surface area contributed by atoms with Crippen LogP contribution in [0.3, 0.4) is 0 Å². The summed E-state index contributed by atoms with van der Waals surface area (Å²) in [4.78, 5) is 12.1. The first-order chi connectivity index (χ1) is 9.94. The highest BCUT2D eigenvalue weighted by Gasteiger charge is 2.15. The second-order valence-corrected chi connectivity index (χ2v) is 5.60. The molecule has 0 aliphatic carbocycles. The van der Waals surface area contributed by atoms with Crippen molar-refractivity contribution in [2.24, 2.45) is 0 Å². The van der Waals surface area contributed by atoms with Gasteiger partial charge < -0.3 is 10.1 Å². The number of aryl methyl sites for hydroxylation is 1. The summed E-state index contributed by atoms with van der Waals surface area (Å²) in [5, 5.41) is 3.65. The van der Waals surface area contributed by atoms with Crippen LogP contribution in [0.15, 0.2) is 42.5 Å². The summed E-state index contributed by atoms with van der Waals surface area (Å²) in [5.74, 6) is 0.386. The SMILES string of the molecule is Cc1cccc(OC(C)C(=O)Nc2cc(Cl)cc(Cl)c2)c1. The molecule has 0 fully saturated rings. The molecule has 0 aliphatic rings. The van der Waals surface area contributed by atoms with Gasteiger partial charge in [0.1, 0.15) is 5.75 Å². The number of amides is 1. The highest BCUT2D eigenvalue weighted by atomic mass is 35.5. The molecule has 5 heteroatoms. The number of benzene rings is 2. The first-order valence-corrected chi connectivity index (χ1v) is 7.20. The zero-order chi connectivity index (χ0) is 15.4. The van der Waals surface area contributed by atoms with Gasteiger partial charge in [-0.25, -0.2) is 0 Å². The number of nitrogens with one attached hydrogen (secondary N) is 1. The fourth-order valence-electron chi connectivity index (χ4n) is 1.82. The van der Waals surface area contributed by atoms with E-state index in [0.29, 0.717) is 21.5 Å². The maximum atomic E-state index is 12.1. The van der Waals surface area contributed by atoms with Crippen LogP contribution in [0.1, 0.15) is 12.5 Å². The van der Waals surface area contributed by atoms with E-state index in [-0.39, 0.29) is 5.91 Å². The van der Waals surface area contributed by atoms with E-state index in [4.69, 9.17) is 27.9 Å². The van der Waals surface area contributed by atoms with Gasteiger partial charge in [-0.05, 0) is 49.7 Å². The predicted octanol–water partition coefficient (Wildman–Crippen LogP) is 4.71. The third-order valence-corrected chi connectivity index (χ3v) is 3.24. The van der Waals surface area contributed by atoms with E-state index in [1.54, 1.807) is 25.1 Å². The maximum absolute atomic E-state index is 12.1. The van der Waals surface area contributed by atoms with Crippen molar-refractivity contribution in [2.75, 3.05) is 5.32 Å². The Kier molecular flexibility index (Phi) is 5.10. The molecule has 0 radical (unpaired) electrons. The van der Waals surface area contributed by atoms with Crippen LogP contribution >= 0.6 is 23.2 Å². The van der Waals surface area contributed by atoms with Gasteiger partial charge in [-0.15, -0.1) is 0 Å². The molecule has 0 heterocycles. The minimum atomic E-state index is -0.635. The molecule has 1 N–H and O–H groups in total. The Balaban J connectivity index is 2.02. The van der Waals surface area contributed by atoms with Crippen molar-refractivity contribution < 1.29 is 9.53 Å². The molecule has 1 unspecified atom stereocenters. The average molecular weight is 324 g/mol. The van der Waals surface area contributed by atoms with Gasteiger partial charge in [0.05, 0.1) is 0 Å². The zero-order valence-corrected chi connectivity index (χ0v) is 13.2. The molecule has 0 spiro atoms. The van der Waals surface area contributed by atoms with Gasteiger partial charge in [0.2, 0.25) is 0 Å². The molecule has 0 saturated heterocycles. The first kappa shape index (κ1) is 15.7. The van der Waals surface area contributed by atoms with Crippen molar-refractivity contribution in [1.82, 2.24) is 0 Å². The summed E-state index contributed by atoms with van der Waals surface area (Å²) in [7, 11) is 0. The van der Waals surface area contributed by atoms with Crippen molar-refractivity contribution in [2.45, 2.75) is 20.0 Å². The highest BCUT2D eigenvalue weighted by Crippen LogP contribution is 2.23. The summed E-state index contributed by atoms with van der Waals surface area (Å²) in [5.41, 5.74) is 1.61. The smallest absolute Gasteiger partial charge is 0.265 e. The third kappa shape index (κ3) is 4.66. The zero-order valence-electron chi connectivity index (χ0n) is 11.7. The molecule has 2 rings (SSSR count). The van der Waals surface area contributed by atoms with Gasteiger partial charge in [0, 0.05) is 15.7 Å². The van der Waals surface area contributed by atoms with Crippen LogP contribution in [-0.2, 0) is 4.79 Å². The van der Waals surface area contributed by atoms with Crippen molar-refractivity contribution >= 4 is 34.8 Å². The minimum Gasteiger partial charge on any atom is -0.481 e. The number of carbonyl (C=O) groups is 1. The summed E-state index contributed by atoms with van der Waals surface area (Å²) in [6, 6.07) is 12.4. The lowest BCUT2D eigenvalue weighted by atomic mass is 10.2. The maximum Gasteiger partial charge on any atom is 0.265 e. The van der Waals surface area contributed by atoms with Gasteiger partial charge >= 0.3 is 0 Å². The van der Waals surface area contributed by atoms with Crippen molar-refractivity contribution in [3.63, 3.8) is 0 Å². The lowest BCUT2D eigenvalue weighted by molar-refractivity contribution is -0.122. The van der Waals surface area contributed by atoms with E-state index >= 15 is 0 Å². The Bertz CT molecular complexity index is 638. The molecule has 3 nitrogen and oxygen atoms in total. The number of hydrogen-bond donors (Lipinski definition) is 1. The van der Waals surface area contributed by atoms with E-state index in [1.807, 2.05) is 31.2 Å². The predicted molar refractivity (Wildman–Crippen MR) is 86.4 cm³/mol. The van der Waals surface area contributed by atoms with Gasteiger partial charge in [0.25, 0.3) is 5.91 Å². The van der Waals surface area contributed by atoms with Crippen LogP contribution in [-0.4, -0.2) is 12.0 Å². The number of rotatable bonds is 4. The van der Waals surface area contributed by atoms with Crippen molar-refractivity contribution in [3.8, 4) is 5.75 Å². The molecular formula is C16H15Cl2NO2. The number of anilines is 1. The number of halogens is 2. The molecular weight excluding hydrogens is 309 g/mol. The quantitative estimate of drug-likeness (QED) is 0.885. The van der Waals surface area contributed by atoms with E-state index < -0.39 is 6.10 Å². The molecule has 1 amide bonds. The van der Waals surface area contributed by atoms with Crippen molar-refractivity contribution in [1.29, 1.82) is 0 Å². The fraction of sp³-hybridized carbons (Fsp3) is 0.188. The van der Waals surface area contributed by atoms with Crippen LogP contribution < -0.4 is 10.1 Å². The van der Waals surface area contributed by atoms with Crippen LogP contribution in [0.5, 0.6) is 5.75 Å². The summed E-state index contributed by atoms with van der Waals surface area (Å²) in [6.07, 6.45) is -0.635. The molecule has 0 bridgehead atoms. The second kappa shape index (κ2) is 6.83. The number of hydrogen-bond acceptors (Lipinski definition) is 2. The molecule has 21 heavy (non-hydrogen) atoms. The molecule has 2 aromatic carbocycles. The van der Waals surface area contributed by atoms with E-state index in [2.05, 4.69) is 5.32 Å². The highest BCUT2D eigenvalue weighted by molar-refractivity contribution is 6.35. The monoisotopic (exact) mass is 323 g/mol. The van der Waals surface area contributed by atoms with E-state index in [1.165, 1.54) is 0 Å². The van der Waals surface area contributed by atoms with Crippen LogP contribution in [0.25, 0.3) is 0 Å². The largest absolute Gasteiger partial charge is 0.481 e. The lowest BCUT2D eigenvalue weighted by Gasteiger charge is -2.15. The summed E-state index contributed by atoms with van der Waals surface area (Å²) in [6.45, 7) is 3.65. The minimum absolute atomic E-state index is 0.269. The number of ether oxygens (including phenoxy) is 1. The average Bonchev–Trinajstić information content (AvgIpc) is 2.37. The molecule has 2 aromatic rings. The van der Waals surface area contributed by atoms with Gasteiger partial charge in [-0.1, -0.05) is 35.3 Å². The van der Waals surface area contributed by atoms with Gasteiger partial charge in [-0.2, -0.15) is 0 Å². The standard InChI is InChI=1S/C16H15Cl2NO2/c1-10-4-3-5-15(6-10)21-11(2)16(20)19-14-8-12(17)7-13(18)9-14/h3-9,11H,1-2H3,(H,19,20). The van der Waals surface area contributed by atoms with Crippen LogP contribution in [0, 0.1) is 6.92 Å². The normalized spacial score (nSPS) is 11.8. The Morgan fingerprint density at radius 1 is 1.14 bits per heavy atom. The summed E-state index contributed by atoms with van der Waals surface area (Å²) >= 11 is 11.8. The number of carbonyl (C=O) groups excluding carboxylic acids is 1. The Morgan fingerprint density at radius 2 is 1.81 bits per heavy atom. The Hall–Kier alpha value is -1.71. The van der Waals surface area contributed by atoms with Crippen LogP contribution in [0.4, 0.5) is 5.69 Å². The summed E-state index contributed by atoms with van der Waals surface area (Å²) < 4.78 is 5.61. The van der Waals surface area contributed by atoms with Gasteiger partial charge in [-0.3, -0.25) is 4.79 Å². The fourth-order valence-corrected chi connectivity index (χ4v) is 2.34. The molecule has 0 aromatic heterocycles. The van der Waals surface area contributed by atoms with Crippen molar-refractivity contribution in [3.05, 3.63) is 58.1 Å². The molecule has 0 saturated carbocycles. The molecule has 1 atom stereocenters. The molecule has 110 valence electrons.